The van der Waals surface area contributed by atoms with Gasteiger partial charge in [-0.25, -0.2) is 0 Å². The first kappa shape index (κ1) is 22.8. The molecule has 2 aromatic heterocycles. The van der Waals surface area contributed by atoms with Gasteiger partial charge in [-0.2, -0.15) is 0 Å². The number of thioether (sulfide) groups is 1. The lowest BCUT2D eigenvalue weighted by atomic mass is 10.1. The van der Waals surface area contributed by atoms with E-state index in [2.05, 4.69) is 11.4 Å². The maximum Gasteiger partial charge on any atom is 0.287 e. The Morgan fingerprint density at radius 2 is 1.97 bits per heavy atom. The molecule has 0 aliphatic carbocycles. The molecule has 9 heteroatoms. The molecular formula is C24H22N2O5S2. The molecule has 0 atom stereocenters. The molecule has 7 nitrogen and oxygen atoms in total. The van der Waals surface area contributed by atoms with E-state index >= 15 is 0 Å². The van der Waals surface area contributed by atoms with Gasteiger partial charge < -0.3 is 24.9 Å². The third-order valence-corrected chi connectivity index (χ3v) is 6.97. The Morgan fingerprint density at radius 3 is 2.73 bits per heavy atom. The van der Waals surface area contributed by atoms with Gasteiger partial charge in [-0.05, 0) is 35.2 Å². The predicted octanol–water partition coefficient (Wildman–Crippen LogP) is 4.59. The Labute approximate surface area is 198 Å². The number of thiophene rings is 1. The van der Waals surface area contributed by atoms with Crippen LogP contribution >= 0.6 is 23.1 Å². The summed E-state index contributed by atoms with van der Waals surface area (Å²) in [5.41, 5.74) is 7.48. The third-order valence-electron chi connectivity index (χ3n) is 4.81. The number of methoxy groups -OCH3 is 1. The van der Waals surface area contributed by atoms with Gasteiger partial charge in [0.2, 0.25) is 0 Å². The second kappa shape index (κ2) is 10.5. The SMILES string of the molecule is COc1cc(CNC(=O)c2oc3ccccc3c2CSc2cccs2)ccc1OCC(N)=O. The van der Waals surface area contributed by atoms with Crippen molar-refractivity contribution in [3.63, 3.8) is 0 Å². The lowest BCUT2D eigenvalue weighted by molar-refractivity contribution is -0.119. The zero-order chi connectivity index (χ0) is 23.2. The molecule has 0 bridgehead atoms. The van der Waals surface area contributed by atoms with Gasteiger partial charge in [0.1, 0.15) is 5.58 Å². The average molecular weight is 483 g/mol. The number of para-hydroxylation sites is 1. The van der Waals surface area contributed by atoms with E-state index < -0.39 is 5.91 Å². The van der Waals surface area contributed by atoms with Crippen molar-refractivity contribution in [2.24, 2.45) is 5.73 Å². The fraction of sp³-hybridized carbons (Fsp3) is 0.167. The Bertz CT molecular complexity index is 1270. The molecule has 0 saturated heterocycles. The maximum absolute atomic E-state index is 13.0. The summed E-state index contributed by atoms with van der Waals surface area (Å²) in [6, 6.07) is 16.9. The largest absolute Gasteiger partial charge is 0.493 e. The number of hydrogen-bond acceptors (Lipinski definition) is 7. The van der Waals surface area contributed by atoms with Crippen LogP contribution in [0.2, 0.25) is 0 Å². The molecule has 33 heavy (non-hydrogen) atoms. The molecule has 4 aromatic rings. The van der Waals surface area contributed by atoms with Gasteiger partial charge in [-0.1, -0.05) is 30.3 Å². The van der Waals surface area contributed by atoms with Crippen LogP contribution in [0.15, 0.2) is 68.6 Å². The molecular weight excluding hydrogens is 460 g/mol. The zero-order valence-electron chi connectivity index (χ0n) is 17.8. The van der Waals surface area contributed by atoms with Crippen LogP contribution < -0.4 is 20.5 Å². The van der Waals surface area contributed by atoms with Crippen LogP contribution in [0.4, 0.5) is 0 Å². The minimum atomic E-state index is -0.577. The van der Waals surface area contributed by atoms with E-state index in [1.807, 2.05) is 35.7 Å². The van der Waals surface area contributed by atoms with Crippen molar-refractivity contribution in [1.29, 1.82) is 0 Å². The van der Waals surface area contributed by atoms with Gasteiger partial charge in [0, 0.05) is 23.2 Å². The smallest absolute Gasteiger partial charge is 0.287 e. The second-order valence-electron chi connectivity index (χ2n) is 7.05. The van der Waals surface area contributed by atoms with E-state index in [9.17, 15) is 9.59 Å². The molecule has 170 valence electrons. The van der Waals surface area contributed by atoms with Gasteiger partial charge in [0.25, 0.3) is 11.8 Å². The highest BCUT2D eigenvalue weighted by molar-refractivity contribution is 8.00. The molecule has 0 fully saturated rings. The van der Waals surface area contributed by atoms with Gasteiger partial charge in [0.05, 0.1) is 11.3 Å². The number of benzene rings is 2. The molecule has 0 saturated carbocycles. The van der Waals surface area contributed by atoms with E-state index in [4.69, 9.17) is 19.6 Å². The van der Waals surface area contributed by atoms with Crippen molar-refractivity contribution in [2.45, 2.75) is 16.5 Å². The number of ether oxygens (including phenoxy) is 2. The normalized spacial score (nSPS) is 10.8. The van der Waals surface area contributed by atoms with Crippen LogP contribution in [0.3, 0.4) is 0 Å². The lowest BCUT2D eigenvalue weighted by Gasteiger charge is -2.12. The number of carbonyl (C=O) groups is 2. The first-order valence-electron chi connectivity index (χ1n) is 10.1. The summed E-state index contributed by atoms with van der Waals surface area (Å²) in [5, 5.41) is 5.89. The summed E-state index contributed by atoms with van der Waals surface area (Å²) in [6.45, 7) is 0.0185. The number of nitrogens with one attached hydrogen (secondary N) is 1. The van der Waals surface area contributed by atoms with Crippen LogP contribution in [-0.2, 0) is 17.1 Å². The number of hydrogen-bond donors (Lipinski definition) is 2. The second-order valence-corrected chi connectivity index (χ2v) is 9.27. The van der Waals surface area contributed by atoms with E-state index in [1.54, 1.807) is 41.3 Å². The number of carbonyl (C=O) groups excluding carboxylic acids is 2. The summed E-state index contributed by atoms with van der Waals surface area (Å²) in [5.74, 6) is 0.915. The highest BCUT2D eigenvalue weighted by Gasteiger charge is 2.21. The first-order valence-corrected chi connectivity index (χ1v) is 11.9. The summed E-state index contributed by atoms with van der Waals surface area (Å²) in [7, 11) is 1.50. The summed E-state index contributed by atoms with van der Waals surface area (Å²) in [6.07, 6.45) is 0. The van der Waals surface area contributed by atoms with Crippen molar-refractivity contribution < 1.29 is 23.5 Å². The quantitative estimate of drug-likeness (QED) is 0.321. The Hall–Kier alpha value is -3.43. The number of primary amides is 1. The van der Waals surface area contributed by atoms with E-state index in [0.29, 0.717) is 28.6 Å². The summed E-state index contributed by atoms with van der Waals surface area (Å²) >= 11 is 3.34. The highest BCUT2D eigenvalue weighted by atomic mass is 32.2. The van der Waals surface area contributed by atoms with Crippen LogP contribution in [0.25, 0.3) is 11.0 Å². The zero-order valence-corrected chi connectivity index (χ0v) is 19.5. The van der Waals surface area contributed by atoms with Crippen molar-refractivity contribution in [3.8, 4) is 11.5 Å². The van der Waals surface area contributed by atoms with Gasteiger partial charge >= 0.3 is 0 Å². The Balaban J connectivity index is 1.49. The Morgan fingerprint density at radius 1 is 1.12 bits per heavy atom. The van der Waals surface area contributed by atoms with E-state index in [1.165, 1.54) is 11.3 Å². The summed E-state index contributed by atoms with van der Waals surface area (Å²) < 4.78 is 17.8. The molecule has 2 heterocycles. The fourth-order valence-electron chi connectivity index (χ4n) is 3.27. The monoisotopic (exact) mass is 482 g/mol. The molecule has 3 N–H and O–H groups in total. The van der Waals surface area contributed by atoms with Crippen molar-refractivity contribution in [3.05, 3.63) is 76.9 Å². The van der Waals surface area contributed by atoms with E-state index in [-0.39, 0.29) is 19.1 Å². The minimum absolute atomic E-state index is 0.245. The first-order chi connectivity index (χ1) is 16.0. The topological polar surface area (TPSA) is 104 Å². The molecule has 0 spiro atoms. The molecule has 0 aliphatic rings. The fourth-order valence-corrected chi connectivity index (χ4v) is 5.08. The van der Waals surface area contributed by atoms with Crippen LogP contribution in [0.5, 0.6) is 11.5 Å². The number of furan rings is 1. The number of rotatable bonds is 10. The number of amides is 2. The van der Waals surface area contributed by atoms with Crippen LogP contribution in [0.1, 0.15) is 21.7 Å². The van der Waals surface area contributed by atoms with Crippen molar-refractivity contribution in [1.82, 2.24) is 5.32 Å². The molecule has 2 aromatic carbocycles. The molecule has 4 rings (SSSR count). The minimum Gasteiger partial charge on any atom is -0.493 e. The maximum atomic E-state index is 13.0. The van der Waals surface area contributed by atoms with Gasteiger partial charge in [0.15, 0.2) is 23.9 Å². The van der Waals surface area contributed by atoms with Crippen molar-refractivity contribution in [2.75, 3.05) is 13.7 Å². The Kier molecular flexibility index (Phi) is 7.21. The highest BCUT2D eigenvalue weighted by Crippen LogP contribution is 2.34. The summed E-state index contributed by atoms with van der Waals surface area (Å²) in [4.78, 5) is 24.0. The molecule has 2 amide bonds. The lowest BCUT2D eigenvalue weighted by Crippen LogP contribution is -2.23. The van der Waals surface area contributed by atoms with Crippen LogP contribution in [-0.4, -0.2) is 25.5 Å². The average Bonchev–Trinajstić information content (AvgIpc) is 3.47. The van der Waals surface area contributed by atoms with E-state index in [0.717, 1.165) is 16.5 Å². The van der Waals surface area contributed by atoms with Gasteiger partial charge in [-0.15, -0.1) is 23.1 Å². The molecule has 0 radical (unpaired) electrons. The number of fused-ring (bicyclic) bond motifs is 1. The van der Waals surface area contributed by atoms with Gasteiger partial charge in [-0.3, -0.25) is 9.59 Å². The predicted molar refractivity (Wildman–Crippen MR) is 129 cm³/mol. The standard InChI is InChI=1S/C24H22N2O5S2/c1-29-20-11-15(8-9-19(20)30-13-21(25)27)12-26-24(28)23-17(14-33-22-7-4-10-32-22)16-5-2-3-6-18(16)31-23/h2-11H,12-14H2,1H3,(H2,25,27)(H,26,28). The molecule has 0 aliphatic heterocycles. The van der Waals surface area contributed by atoms with Crippen molar-refractivity contribution >= 4 is 45.9 Å². The number of nitrogens with two attached hydrogens (primary N) is 1. The molecule has 0 unspecified atom stereocenters. The van der Waals surface area contributed by atoms with Crippen LogP contribution in [0, 0.1) is 0 Å². The third kappa shape index (κ3) is 5.50.